The van der Waals surface area contributed by atoms with E-state index in [1.807, 2.05) is 55.5 Å². The third kappa shape index (κ3) is 3.10. The number of ether oxygens (including phenoxy) is 1. The minimum absolute atomic E-state index is 0.0772. The van der Waals surface area contributed by atoms with E-state index in [4.69, 9.17) is 4.74 Å². The molecule has 3 aromatic rings. The number of aromatic nitrogens is 3. The number of nitrogens with one attached hydrogen (secondary N) is 1. The zero-order valence-electron chi connectivity index (χ0n) is 13.8. The number of aryl methyl sites for hydroxylation is 1. The van der Waals surface area contributed by atoms with E-state index in [9.17, 15) is 4.79 Å². The lowest BCUT2D eigenvalue weighted by atomic mass is 9.96. The summed E-state index contributed by atoms with van der Waals surface area (Å²) in [6.45, 7) is 2.26. The fourth-order valence-electron chi connectivity index (χ4n) is 2.97. The minimum Gasteiger partial charge on any atom is -0.492 e. The van der Waals surface area contributed by atoms with Crippen molar-refractivity contribution >= 4 is 11.7 Å². The molecule has 0 spiro atoms. The largest absolute Gasteiger partial charge is 0.492 e. The van der Waals surface area contributed by atoms with Crippen molar-refractivity contribution in [2.45, 2.75) is 13.3 Å². The Morgan fingerprint density at radius 3 is 2.92 bits per heavy atom. The Morgan fingerprint density at radius 2 is 2.08 bits per heavy atom. The van der Waals surface area contributed by atoms with Crippen LogP contribution in [0.5, 0.6) is 5.75 Å². The van der Waals surface area contributed by atoms with Crippen molar-refractivity contribution < 1.29 is 9.53 Å². The van der Waals surface area contributed by atoms with Gasteiger partial charge in [0.05, 0.1) is 11.6 Å². The van der Waals surface area contributed by atoms with Crippen LogP contribution >= 0.6 is 0 Å². The molecule has 0 bridgehead atoms. The number of rotatable bonds is 3. The maximum absolute atomic E-state index is 12.7. The van der Waals surface area contributed by atoms with Crippen molar-refractivity contribution in [1.29, 1.82) is 0 Å². The minimum atomic E-state index is -0.234. The first-order chi connectivity index (χ1) is 12.2. The van der Waals surface area contributed by atoms with Gasteiger partial charge in [0.15, 0.2) is 5.82 Å². The molecule has 1 amide bonds. The average molecular weight is 334 g/mol. The molecule has 4 rings (SSSR count). The first-order valence-corrected chi connectivity index (χ1v) is 8.20. The van der Waals surface area contributed by atoms with Crippen LogP contribution in [0.2, 0.25) is 0 Å². The zero-order chi connectivity index (χ0) is 17.2. The van der Waals surface area contributed by atoms with E-state index < -0.39 is 0 Å². The number of fused-ring (bicyclic) bond motifs is 1. The van der Waals surface area contributed by atoms with E-state index in [0.717, 1.165) is 17.0 Å². The number of anilines is 1. The quantitative estimate of drug-likeness (QED) is 0.800. The van der Waals surface area contributed by atoms with E-state index in [1.54, 1.807) is 10.9 Å². The predicted octanol–water partition coefficient (Wildman–Crippen LogP) is 2.77. The standard InChI is InChI=1S/C19H18N4O2/c1-13-10-18(23(22-13)17-8-4-5-9-20-17)21-19(24)15-11-14-6-2-3-7-16(14)25-12-15/h2-10,15H,11-12H2,1H3,(H,21,24). The van der Waals surface area contributed by atoms with Crippen LogP contribution in [0.15, 0.2) is 54.7 Å². The molecule has 1 atom stereocenters. The topological polar surface area (TPSA) is 69.0 Å². The van der Waals surface area contributed by atoms with Crippen LogP contribution in [0.4, 0.5) is 5.82 Å². The van der Waals surface area contributed by atoms with Gasteiger partial charge >= 0.3 is 0 Å². The molecular weight excluding hydrogens is 316 g/mol. The number of para-hydroxylation sites is 1. The van der Waals surface area contributed by atoms with E-state index in [2.05, 4.69) is 15.4 Å². The molecule has 1 aliphatic rings. The van der Waals surface area contributed by atoms with Crippen molar-refractivity contribution in [3.05, 3.63) is 66.0 Å². The Labute approximate surface area is 145 Å². The van der Waals surface area contributed by atoms with E-state index >= 15 is 0 Å². The predicted molar refractivity (Wildman–Crippen MR) is 93.9 cm³/mol. The average Bonchev–Trinajstić information content (AvgIpc) is 3.02. The SMILES string of the molecule is Cc1cc(NC(=O)C2COc3ccccc3C2)n(-c2ccccn2)n1. The number of amides is 1. The first kappa shape index (κ1) is 15.4. The maximum Gasteiger partial charge on any atom is 0.232 e. The summed E-state index contributed by atoms with van der Waals surface area (Å²) < 4.78 is 7.36. The van der Waals surface area contributed by atoms with Crippen molar-refractivity contribution in [1.82, 2.24) is 14.8 Å². The van der Waals surface area contributed by atoms with Crippen LogP contribution in [-0.4, -0.2) is 27.3 Å². The molecule has 0 radical (unpaired) electrons. The van der Waals surface area contributed by atoms with Gasteiger partial charge in [-0.15, -0.1) is 0 Å². The monoisotopic (exact) mass is 334 g/mol. The van der Waals surface area contributed by atoms with Gasteiger partial charge in [-0.2, -0.15) is 9.78 Å². The molecule has 0 saturated heterocycles. The van der Waals surface area contributed by atoms with Gasteiger partial charge in [0.2, 0.25) is 5.91 Å². The maximum atomic E-state index is 12.7. The molecule has 1 unspecified atom stereocenters. The highest BCUT2D eigenvalue weighted by Gasteiger charge is 2.26. The normalized spacial score (nSPS) is 16.0. The Balaban J connectivity index is 1.54. The Kier molecular flexibility index (Phi) is 3.93. The summed E-state index contributed by atoms with van der Waals surface area (Å²) in [7, 11) is 0. The van der Waals surface area contributed by atoms with Crippen molar-refractivity contribution in [3.63, 3.8) is 0 Å². The molecule has 126 valence electrons. The first-order valence-electron chi connectivity index (χ1n) is 8.20. The summed E-state index contributed by atoms with van der Waals surface area (Å²) in [5, 5.41) is 7.40. The second kappa shape index (κ2) is 6.39. The van der Waals surface area contributed by atoms with Gasteiger partial charge < -0.3 is 10.1 Å². The molecule has 0 fully saturated rings. The molecule has 6 heteroatoms. The summed E-state index contributed by atoms with van der Waals surface area (Å²) in [4.78, 5) is 17.0. The molecule has 0 aliphatic carbocycles. The van der Waals surface area contributed by atoms with Crippen LogP contribution in [0, 0.1) is 12.8 Å². The fraction of sp³-hybridized carbons (Fsp3) is 0.211. The lowest BCUT2D eigenvalue weighted by Gasteiger charge is -2.24. The summed E-state index contributed by atoms with van der Waals surface area (Å²) >= 11 is 0. The Bertz CT molecular complexity index is 905. The zero-order valence-corrected chi connectivity index (χ0v) is 13.8. The Hall–Kier alpha value is -3.15. The van der Waals surface area contributed by atoms with Gasteiger partial charge in [-0.25, -0.2) is 4.98 Å². The number of pyridine rings is 1. The summed E-state index contributed by atoms with van der Waals surface area (Å²) in [5.41, 5.74) is 1.87. The number of nitrogens with zero attached hydrogens (tertiary/aromatic N) is 3. The molecule has 1 aromatic carbocycles. The summed E-state index contributed by atoms with van der Waals surface area (Å²) in [5.74, 6) is 1.82. The molecule has 2 aromatic heterocycles. The van der Waals surface area contributed by atoms with Gasteiger partial charge in [-0.05, 0) is 37.1 Å². The van der Waals surface area contributed by atoms with Gasteiger partial charge in [0.25, 0.3) is 0 Å². The van der Waals surface area contributed by atoms with Crippen molar-refractivity contribution in [2.75, 3.05) is 11.9 Å². The van der Waals surface area contributed by atoms with Gasteiger partial charge in [0, 0.05) is 12.3 Å². The van der Waals surface area contributed by atoms with E-state index in [0.29, 0.717) is 24.7 Å². The summed E-state index contributed by atoms with van der Waals surface area (Å²) in [6, 6.07) is 15.2. The number of hydrogen-bond donors (Lipinski definition) is 1. The second-order valence-corrected chi connectivity index (χ2v) is 6.08. The number of carbonyl (C=O) groups excluding carboxylic acids is 1. The fourth-order valence-corrected chi connectivity index (χ4v) is 2.97. The van der Waals surface area contributed by atoms with Gasteiger partial charge in [0.1, 0.15) is 18.2 Å². The van der Waals surface area contributed by atoms with Crippen LogP contribution in [0.1, 0.15) is 11.3 Å². The van der Waals surface area contributed by atoms with E-state index in [-0.39, 0.29) is 11.8 Å². The van der Waals surface area contributed by atoms with Crippen molar-refractivity contribution in [2.24, 2.45) is 5.92 Å². The molecule has 1 aliphatic heterocycles. The lowest BCUT2D eigenvalue weighted by molar-refractivity contribution is -0.121. The third-order valence-electron chi connectivity index (χ3n) is 4.20. The molecule has 25 heavy (non-hydrogen) atoms. The molecule has 1 N–H and O–H groups in total. The van der Waals surface area contributed by atoms with Crippen LogP contribution in [0.25, 0.3) is 5.82 Å². The molecule has 0 saturated carbocycles. The molecule has 3 heterocycles. The highest BCUT2D eigenvalue weighted by Crippen LogP contribution is 2.27. The van der Waals surface area contributed by atoms with Crippen LogP contribution in [0.3, 0.4) is 0 Å². The van der Waals surface area contributed by atoms with Crippen LogP contribution in [-0.2, 0) is 11.2 Å². The van der Waals surface area contributed by atoms with Gasteiger partial charge in [-0.1, -0.05) is 24.3 Å². The lowest BCUT2D eigenvalue weighted by Crippen LogP contribution is -2.33. The second-order valence-electron chi connectivity index (χ2n) is 6.08. The molecular formula is C19H18N4O2. The Morgan fingerprint density at radius 1 is 1.24 bits per heavy atom. The summed E-state index contributed by atoms with van der Waals surface area (Å²) in [6.07, 6.45) is 2.36. The third-order valence-corrected chi connectivity index (χ3v) is 4.20. The highest BCUT2D eigenvalue weighted by molar-refractivity contribution is 5.92. The number of benzene rings is 1. The van der Waals surface area contributed by atoms with Crippen LogP contribution < -0.4 is 10.1 Å². The molecule has 6 nitrogen and oxygen atoms in total. The van der Waals surface area contributed by atoms with E-state index in [1.165, 1.54) is 0 Å². The van der Waals surface area contributed by atoms with Gasteiger partial charge in [-0.3, -0.25) is 4.79 Å². The number of carbonyl (C=O) groups is 1. The smallest absolute Gasteiger partial charge is 0.232 e. The van der Waals surface area contributed by atoms with Crippen molar-refractivity contribution in [3.8, 4) is 11.6 Å². The number of hydrogen-bond acceptors (Lipinski definition) is 4. The highest BCUT2D eigenvalue weighted by atomic mass is 16.5.